The van der Waals surface area contributed by atoms with Crippen LogP contribution in [0.5, 0.6) is 0 Å². The molecule has 3 nitrogen and oxygen atoms in total. The van der Waals surface area contributed by atoms with Crippen molar-refractivity contribution < 1.29 is 9.52 Å². The van der Waals surface area contributed by atoms with Crippen LogP contribution in [0.25, 0.3) is 11.0 Å². The highest BCUT2D eigenvalue weighted by molar-refractivity contribution is 6.34. The molecule has 19 heavy (non-hydrogen) atoms. The predicted octanol–water partition coefficient (Wildman–Crippen LogP) is 3.29. The van der Waals surface area contributed by atoms with Crippen LogP contribution < -0.4 is 5.32 Å². The molecule has 0 bridgehead atoms. The van der Waals surface area contributed by atoms with Gasteiger partial charge in [-0.2, -0.15) is 0 Å². The molecule has 2 heterocycles. The number of aliphatic hydroxyl groups is 1. The van der Waals surface area contributed by atoms with E-state index in [0.29, 0.717) is 22.8 Å². The fraction of sp³-hybridized carbons (Fsp3) is 0.467. The van der Waals surface area contributed by atoms with Gasteiger partial charge in [-0.15, -0.1) is 0 Å². The van der Waals surface area contributed by atoms with E-state index in [1.54, 1.807) is 6.07 Å². The second-order valence-corrected chi connectivity index (χ2v) is 5.66. The summed E-state index contributed by atoms with van der Waals surface area (Å²) in [6, 6.07) is 7.59. The topological polar surface area (TPSA) is 45.4 Å². The summed E-state index contributed by atoms with van der Waals surface area (Å²) < 4.78 is 5.86. The lowest BCUT2D eigenvalue weighted by Crippen LogP contribution is -2.47. The average molecular weight is 280 g/mol. The molecule has 2 N–H and O–H groups in total. The molecule has 0 amide bonds. The zero-order valence-corrected chi connectivity index (χ0v) is 11.7. The van der Waals surface area contributed by atoms with Gasteiger partial charge in [0, 0.05) is 17.8 Å². The highest BCUT2D eigenvalue weighted by Gasteiger charge is 2.42. The fourth-order valence-corrected chi connectivity index (χ4v) is 3.20. The molecule has 0 spiro atoms. The Balaban J connectivity index is 2.09. The van der Waals surface area contributed by atoms with Crippen molar-refractivity contribution in [3.63, 3.8) is 0 Å². The van der Waals surface area contributed by atoms with E-state index in [-0.39, 0.29) is 5.92 Å². The Labute approximate surface area is 117 Å². The van der Waals surface area contributed by atoms with E-state index in [1.165, 1.54) is 0 Å². The van der Waals surface area contributed by atoms with E-state index in [0.717, 1.165) is 24.9 Å². The third kappa shape index (κ3) is 2.06. The number of hydrogen-bond acceptors (Lipinski definition) is 3. The number of fused-ring (bicyclic) bond motifs is 1. The van der Waals surface area contributed by atoms with Gasteiger partial charge in [0.2, 0.25) is 0 Å². The third-order valence-electron chi connectivity index (χ3n) is 4.16. The summed E-state index contributed by atoms with van der Waals surface area (Å²) >= 11 is 6.14. The zero-order chi connectivity index (χ0) is 13.5. The summed E-state index contributed by atoms with van der Waals surface area (Å²) in [4.78, 5) is 0. The quantitative estimate of drug-likeness (QED) is 0.887. The molecule has 0 saturated carbocycles. The molecule has 2 aromatic rings. The summed E-state index contributed by atoms with van der Waals surface area (Å²) in [5.74, 6) is 0.810. The molecule has 4 heteroatoms. The summed E-state index contributed by atoms with van der Waals surface area (Å²) in [7, 11) is 0. The van der Waals surface area contributed by atoms with Crippen molar-refractivity contribution in [1.82, 2.24) is 5.32 Å². The minimum Gasteiger partial charge on any atom is -0.456 e. The number of piperidine rings is 1. The number of benzene rings is 1. The monoisotopic (exact) mass is 279 g/mol. The van der Waals surface area contributed by atoms with Crippen LogP contribution in [0.15, 0.2) is 28.7 Å². The van der Waals surface area contributed by atoms with Crippen LogP contribution in [0.2, 0.25) is 5.02 Å². The Morgan fingerprint density at radius 3 is 3.11 bits per heavy atom. The predicted molar refractivity (Wildman–Crippen MR) is 76.4 cm³/mol. The van der Waals surface area contributed by atoms with Crippen molar-refractivity contribution in [3.8, 4) is 0 Å². The number of hydrogen-bond donors (Lipinski definition) is 2. The first-order chi connectivity index (χ1) is 9.15. The van der Waals surface area contributed by atoms with Gasteiger partial charge in [0.15, 0.2) is 5.58 Å². The number of furan rings is 1. The van der Waals surface area contributed by atoms with E-state index >= 15 is 0 Å². The molecule has 2 unspecified atom stereocenters. The maximum absolute atomic E-state index is 11.0. The molecule has 0 radical (unpaired) electrons. The highest BCUT2D eigenvalue weighted by Crippen LogP contribution is 2.40. The van der Waals surface area contributed by atoms with E-state index in [9.17, 15) is 5.11 Å². The molecule has 102 valence electrons. The van der Waals surface area contributed by atoms with Gasteiger partial charge in [-0.3, -0.25) is 0 Å². The second kappa shape index (κ2) is 4.82. The Bertz CT molecular complexity index is 595. The maximum atomic E-state index is 11.0. The van der Waals surface area contributed by atoms with Crippen LogP contribution >= 0.6 is 11.6 Å². The van der Waals surface area contributed by atoms with E-state index in [2.05, 4.69) is 12.2 Å². The van der Waals surface area contributed by atoms with E-state index in [4.69, 9.17) is 16.0 Å². The Hall–Kier alpha value is -1.03. The molecule has 1 aliphatic rings. The lowest BCUT2D eigenvalue weighted by molar-refractivity contribution is -0.0634. The first-order valence-electron chi connectivity index (χ1n) is 6.77. The summed E-state index contributed by atoms with van der Waals surface area (Å²) in [6.07, 6.45) is 1.58. The largest absolute Gasteiger partial charge is 0.456 e. The molecule has 1 fully saturated rings. The Kier molecular flexibility index (Phi) is 3.29. The second-order valence-electron chi connectivity index (χ2n) is 5.25. The summed E-state index contributed by atoms with van der Waals surface area (Å²) in [5.41, 5.74) is -0.219. The third-order valence-corrected chi connectivity index (χ3v) is 4.46. The molecule has 1 aliphatic heterocycles. The Morgan fingerprint density at radius 1 is 1.53 bits per heavy atom. The maximum Gasteiger partial charge on any atom is 0.153 e. The van der Waals surface area contributed by atoms with Gasteiger partial charge >= 0.3 is 0 Å². The summed E-state index contributed by atoms with van der Waals surface area (Å²) in [5, 5.41) is 15.9. The van der Waals surface area contributed by atoms with Gasteiger partial charge in [0.25, 0.3) is 0 Å². The molecule has 1 aromatic heterocycles. The number of nitrogens with one attached hydrogen (secondary N) is 1. The van der Waals surface area contributed by atoms with Gasteiger partial charge < -0.3 is 14.8 Å². The van der Waals surface area contributed by atoms with E-state index < -0.39 is 5.60 Å². The number of rotatable bonds is 2. The molecule has 1 aromatic carbocycles. The van der Waals surface area contributed by atoms with Gasteiger partial charge in [-0.1, -0.05) is 30.7 Å². The van der Waals surface area contributed by atoms with Crippen molar-refractivity contribution in [3.05, 3.63) is 35.0 Å². The fourth-order valence-electron chi connectivity index (χ4n) is 2.98. The van der Waals surface area contributed by atoms with Crippen molar-refractivity contribution in [2.75, 3.05) is 13.1 Å². The van der Waals surface area contributed by atoms with Crippen LogP contribution in [0, 0.1) is 5.92 Å². The van der Waals surface area contributed by atoms with Gasteiger partial charge in [-0.05, 0) is 31.5 Å². The molecule has 1 saturated heterocycles. The van der Waals surface area contributed by atoms with Gasteiger partial charge in [0.1, 0.15) is 11.4 Å². The van der Waals surface area contributed by atoms with Crippen molar-refractivity contribution in [1.29, 1.82) is 0 Å². The van der Waals surface area contributed by atoms with Gasteiger partial charge in [0.05, 0.1) is 5.02 Å². The van der Waals surface area contributed by atoms with Crippen molar-refractivity contribution in [2.45, 2.75) is 25.4 Å². The molecular formula is C15H18ClNO2. The lowest BCUT2D eigenvalue weighted by atomic mass is 9.78. The standard InChI is InChI=1S/C15H18ClNO2/c1-2-11-9-17-7-6-15(11,18)13-8-10-4-3-5-12(16)14(10)19-13/h3-5,8,11,17-18H,2,6-7,9H2,1H3. The van der Waals surface area contributed by atoms with Crippen molar-refractivity contribution in [2.24, 2.45) is 5.92 Å². The first kappa shape index (κ1) is 13.0. The van der Waals surface area contributed by atoms with Crippen molar-refractivity contribution >= 4 is 22.6 Å². The highest BCUT2D eigenvalue weighted by atomic mass is 35.5. The summed E-state index contributed by atoms with van der Waals surface area (Å²) in [6.45, 7) is 3.72. The smallest absolute Gasteiger partial charge is 0.153 e. The number of para-hydroxylation sites is 1. The average Bonchev–Trinajstić information content (AvgIpc) is 2.85. The molecule has 0 aliphatic carbocycles. The molecule has 2 atom stereocenters. The normalized spacial score (nSPS) is 27.8. The minimum absolute atomic E-state index is 0.167. The number of halogens is 1. The lowest BCUT2D eigenvalue weighted by Gasteiger charge is -2.38. The van der Waals surface area contributed by atoms with Crippen LogP contribution in [-0.4, -0.2) is 18.2 Å². The van der Waals surface area contributed by atoms with Crippen LogP contribution in [0.4, 0.5) is 0 Å². The van der Waals surface area contributed by atoms with Gasteiger partial charge in [-0.25, -0.2) is 0 Å². The van der Waals surface area contributed by atoms with E-state index in [1.807, 2.05) is 18.2 Å². The SMILES string of the molecule is CCC1CNCCC1(O)c1cc2cccc(Cl)c2o1. The molecule has 3 rings (SSSR count). The Morgan fingerprint density at radius 2 is 2.37 bits per heavy atom. The zero-order valence-electron chi connectivity index (χ0n) is 10.9. The molecular weight excluding hydrogens is 262 g/mol. The van der Waals surface area contributed by atoms with Crippen LogP contribution in [0.1, 0.15) is 25.5 Å². The van der Waals surface area contributed by atoms with Crippen LogP contribution in [0.3, 0.4) is 0 Å². The minimum atomic E-state index is -0.887. The first-order valence-corrected chi connectivity index (χ1v) is 7.14. The van der Waals surface area contributed by atoms with Crippen LogP contribution in [-0.2, 0) is 5.60 Å².